The number of hydrogen-bond donors (Lipinski definition) is 1. The minimum atomic E-state index is -0.516. The predicted molar refractivity (Wildman–Crippen MR) is 82.4 cm³/mol. The minimum absolute atomic E-state index is 0.516. The van der Waals surface area contributed by atoms with Crippen molar-refractivity contribution >= 4 is 37.5 Å². The van der Waals surface area contributed by atoms with Gasteiger partial charge in [-0.3, -0.25) is 0 Å². The SMILES string of the molecule is OC(Cc1nc2ccccc2s1)c1cccc(Br)c1. The number of thiazole rings is 1. The summed E-state index contributed by atoms with van der Waals surface area (Å²) in [5.74, 6) is 0. The van der Waals surface area contributed by atoms with Crippen LogP contribution < -0.4 is 0 Å². The highest BCUT2D eigenvalue weighted by molar-refractivity contribution is 9.10. The maximum Gasteiger partial charge on any atom is 0.0967 e. The summed E-state index contributed by atoms with van der Waals surface area (Å²) >= 11 is 5.06. The summed E-state index contributed by atoms with van der Waals surface area (Å²) in [5.41, 5.74) is 1.91. The van der Waals surface area contributed by atoms with Gasteiger partial charge in [0.25, 0.3) is 0 Å². The van der Waals surface area contributed by atoms with Crippen molar-refractivity contribution in [2.24, 2.45) is 0 Å². The summed E-state index contributed by atoms with van der Waals surface area (Å²) in [6.07, 6.45) is 0.0357. The van der Waals surface area contributed by atoms with E-state index in [9.17, 15) is 5.11 Å². The van der Waals surface area contributed by atoms with E-state index in [1.54, 1.807) is 11.3 Å². The molecular weight excluding hydrogens is 322 g/mol. The quantitative estimate of drug-likeness (QED) is 0.773. The number of rotatable bonds is 3. The highest BCUT2D eigenvalue weighted by atomic mass is 79.9. The Hall–Kier alpha value is -1.23. The molecule has 2 aromatic carbocycles. The van der Waals surface area contributed by atoms with Crippen molar-refractivity contribution in [2.45, 2.75) is 12.5 Å². The third-order valence-corrected chi connectivity index (χ3v) is 4.49. The lowest BCUT2D eigenvalue weighted by Gasteiger charge is -2.09. The van der Waals surface area contributed by atoms with Crippen molar-refractivity contribution in [1.29, 1.82) is 0 Å². The van der Waals surface area contributed by atoms with Crippen molar-refractivity contribution < 1.29 is 5.11 Å². The lowest BCUT2D eigenvalue weighted by molar-refractivity contribution is 0.178. The Morgan fingerprint density at radius 2 is 2.00 bits per heavy atom. The third kappa shape index (κ3) is 2.86. The lowest BCUT2D eigenvalue weighted by atomic mass is 10.1. The number of aliphatic hydroxyl groups excluding tert-OH is 1. The molecule has 4 heteroatoms. The molecule has 1 N–H and O–H groups in total. The first-order chi connectivity index (χ1) is 9.22. The fourth-order valence-electron chi connectivity index (χ4n) is 2.00. The number of benzene rings is 2. The highest BCUT2D eigenvalue weighted by Crippen LogP contribution is 2.27. The van der Waals surface area contributed by atoms with Crippen LogP contribution >= 0.6 is 27.3 Å². The number of hydrogen-bond acceptors (Lipinski definition) is 3. The predicted octanol–water partition coefficient (Wildman–Crippen LogP) is 4.33. The molecule has 0 amide bonds. The fourth-order valence-corrected chi connectivity index (χ4v) is 3.43. The van der Waals surface area contributed by atoms with Crippen molar-refractivity contribution in [3.63, 3.8) is 0 Å². The first kappa shape index (κ1) is 12.8. The Bertz CT molecular complexity index is 677. The molecule has 19 heavy (non-hydrogen) atoms. The number of nitrogens with zero attached hydrogens (tertiary/aromatic N) is 1. The average molecular weight is 334 g/mol. The summed E-state index contributed by atoms with van der Waals surface area (Å²) < 4.78 is 2.15. The monoisotopic (exact) mass is 333 g/mol. The van der Waals surface area contributed by atoms with E-state index in [-0.39, 0.29) is 0 Å². The van der Waals surface area contributed by atoms with Gasteiger partial charge < -0.3 is 5.11 Å². The molecule has 1 unspecified atom stereocenters. The molecule has 0 aliphatic rings. The van der Waals surface area contributed by atoms with E-state index in [1.807, 2.05) is 42.5 Å². The van der Waals surface area contributed by atoms with Crippen LogP contribution in [0.4, 0.5) is 0 Å². The molecule has 0 aliphatic heterocycles. The van der Waals surface area contributed by atoms with Crippen LogP contribution in [0.3, 0.4) is 0 Å². The molecule has 1 atom stereocenters. The number of fused-ring (bicyclic) bond motifs is 1. The van der Waals surface area contributed by atoms with Gasteiger partial charge in [-0.15, -0.1) is 11.3 Å². The number of halogens is 1. The smallest absolute Gasteiger partial charge is 0.0967 e. The maximum absolute atomic E-state index is 10.3. The van der Waals surface area contributed by atoms with E-state index >= 15 is 0 Å². The molecule has 0 radical (unpaired) electrons. The molecule has 1 heterocycles. The fraction of sp³-hybridized carbons (Fsp3) is 0.133. The van der Waals surface area contributed by atoms with Gasteiger partial charge in [-0.1, -0.05) is 40.2 Å². The molecule has 0 spiro atoms. The normalized spacial score (nSPS) is 12.7. The summed E-state index contributed by atoms with van der Waals surface area (Å²) in [4.78, 5) is 4.55. The molecule has 96 valence electrons. The Kier molecular flexibility index (Phi) is 3.64. The van der Waals surface area contributed by atoms with Crippen LogP contribution in [-0.4, -0.2) is 10.1 Å². The Morgan fingerprint density at radius 3 is 2.79 bits per heavy atom. The Balaban J connectivity index is 1.84. The first-order valence-electron chi connectivity index (χ1n) is 6.00. The largest absolute Gasteiger partial charge is 0.388 e. The average Bonchev–Trinajstić information content (AvgIpc) is 2.80. The molecular formula is C15H12BrNOS. The molecule has 3 aromatic rings. The number of aromatic nitrogens is 1. The lowest BCUT2D eigenvalue weighted by Crippen LogP contribution is -2.01. The van der Waals surface area contributed by atoms with Gasteiger partial charge in [-0.05, 0) is 29.8 Å². The van der Waals surface area contributed by atoms with Gasteiger partial charge in [0.15, 0.2) is 0 Å². The summed E-state index contributed by atoms with van der Waals surface area (Å²) in [6.45, 7) is 0. The zero-order valence-electron chi connectivity index (χ0n) is 10.1. The van der Waals surface area contributed by atoms with Crippen LogP contribution in [0, 0.1) is 0 Å². The van der Waals surface area contributed by atoms with Crippen LogP contribution in [0.1, 0.15) is 16.7 Å². The van der Waals surface area contributed by atoms with E-state index in [1.165, 1.54) is 4.70 Å². The second-order valence-corrected chi connectivity index (χ2v) is 6.38. The van der Waals surface area contributed by atoms with E-state index in [4.69, 9.17) is 0 Å². The molecule has 2 nitrogen and oxygen atoms in total. The van der Waals surface area contributed by atoms with E-state index in [0.717, 1.165) is 20.6 Å². The van der Waals surface area contributed by atoms with Crippen LogP contribution in [-0.2, 0) is 6.42 Å². The van der Waals surface area contributed by atoms with Gasteiger partial charge in [0.1, 0.15) is 0 Å². The minimum Gasteiger partial charge on any atom is -0.388 e. The van der Waals surface area contributed by atoms with Crippen LogP contribution in [0.2, 0.25) is 0 Å². The molecule has 0 fully saturated rings. The Labute approximate surface area is 123 Å². The van der Waals surface area contributed by atoms with Gasteiger partial charge in [-0.2, -0.15) is 0 Å². The Morgan fingerprint density at radius 1 is 1.16 bits per heavy atom. The second-order valence-electron chi connectivity index (χ2n) is 4.35. The van der Waals surface area contributed by atoms with E-state index < -0.39 is 6.10 Å². The standard InChI is InChI=1S/C15H12BrNOS/c16-11-5-3-4-10(8-11)13(18)9-15-17-12-6-1-2-7-14(12)19-15/h1-8,13,18H,9H2. The van der Waals surface area contributed by atoms with Gasteiger partial charge >= 0.3 is 0 Å². The summed E-state index contributed by atoms with van der Waals surface area (Å²) in [7, 11) is 0. The van der Waals surface area contributed by atoms with Crippen LogP contribution in [0.15, 0.2) is 53.0 Å². The van der Waals surface area contributed by atoms with E-state index in [2.05, 4.69) is 27.0 Å². The molecule has 0 aliphatic carbocycles. The van der Waals surface area contributed by atoms with E-state index in [0.29, 0.717) is 6.42 Å². The van der Waals surface area contributed by atoms with Crippen molar-refractivity contribution in [2.75, 3.05) is 0 Å². The summed E-state index contributed by atoms with van der Waals surface area (Å²) in [6, 6.07) is 15.8. The van der Waals surface area contributed by atoms with Gasteiger partial charge in [-0.25, -0.2) is 4.98 Å². The first-order valence-corrected chi connectivity index (χ1v) is 7.61. The molecule has 3 rings (SSSR count). The van der Waals surface area contributed by atoms with Gasteiger partial charge in [0, 0.05) is 10.9 Å². The topological polar surface area (TPSA) is 33.1 Å². The van der Waals surface area contributed by atoms with Gasteiger partial charge in [0.05, 0.1) is 21.3 Å². The van der Waals surface area contributed by atoms with Crippen molar-refractivity contribution in [3.8, 4) is 0 Å². The van der Waals surface area contributed by atoms with Gasteiger partial charge in [0.2, 0.25) is 0 Å². The van der Waals surface area contributed by atoms with Crippen molar-refractivity contribution in [1.82, 2.24) is 4.98 Å². The zero-order chi connectivity index (χ0) is 13.2. The third-order valence-electron chi connectivity index (χ3n) is 2.94. The maximum atomic E-state index is 10.3. The van der Waals surface area contributed by atoms with Crippen LogP contribution in [0.25, 0.3) is 10.2 Å². The zero-order valence-corrected chi connectivity index (χ0v) is 12.5. The molecule has 1 aromatic heterocycles. The molecule has 0 saturated heterocycles. The summed E-state index contributed by atoms with van der Waals surface area (Å²) in [5, 5.41) is 11.2. The second kappa shape index (κ2) is 5.41. The number of aliphatic hydroxyl groups is 1. The highest BCUT2D eigenvalue weighted by Gasteiger charge is 2.12. The number of para-hydroxylation sites is 1. The van der Waals surface area contributed by atoms with Crippen molar-refractivity contribution in [3.05, 3.63) is 63.6 Å². The molecule has 0 saturated carbocycles. The van der Waals surface area contributed by atoms with Crippen LogP contribution in [0.5, 0.6) is 0 Å². The molecule has 0 bridgehead atoms.